The van der Waals surface area contributed by atoms with Gasteiger partial charge in [-0.25, -0.2) is 0 Å². The Hall–Kier alpha value is -1.65. The first-order valence-corrected chi connectivity index (χ1v) is 8.84. The third-order valence-corrected chi connectivity index (χ3v) is 5.62. The first-order valence-electron chi connectivity index (χ1n) is 7.65. The molecule has 1 aromatic rings. The summed E-state index contributed by atoms with van der Waals surface area (Å²) in [5, 5.41) is 1.70. The molecule has 0 saturated heterocycles. The zero-order valence-electron chi connectivity index (χ0n) is 12.9. The largest absolute Gasteiger partial charge is 0.485 e. The van der Waals surface area contributed by atoms with Gasteiger partial charge in [-0.1, -0.05) is 29.4 Å². The van der Waals surface area contributed by atoms with E-state index in [0.717, 1.165) is 22.4 Å². The number of allylic oxidation sites excluding steroid dienone is 3. The predicted molar refractivity (Wildman–Crippen MR) is 94.3 cm³/mol. The topological polar surface area (TPSA) is 29.5 Å². The molecular weight excluding hydrogens is 330 g/mol. The van der Waals surface area contributed by atoms with Crippen molar-refractivity contribution in [2.75, 3.05) is 11.4 Å². The van der Waals surface area contributed by atoms with Gasteiger partial charge in [-0.3, -0.25) is 4.79 Å². The van der Waals surface area contributed by atoms with E-state index < -0.39 is 0 Å². The van der Waals surface area contributed by atoms with Gasteiger partial charge < -0.3 is 9.64 Å². The number of hydrogen-bond donors (Lipinski definition) is 0. The Morgan fingerprint density at radius 1 is 1.48 bits per heavy atom. The minimum Gasteiger partial charge on any atom is -0.485 e. The molecule has 118 valence electrons. The maximum Gasteiger partial charge on any atom is 0.155 e. The predicted octanol–water partition coefficient (Wildman–Crippen LogP) is 4.59. The molecule has 1 aliphatic carbocycles. The van der Waals surface area contributed by atoms with E-state index in [1.165, 1.54) is 16.1 Å². The van der Waals surface area contributed by atoms with Crippen LogP contribution in [0.3, 0.4) is 0 Å². The summed E-state index contributed by atoms with van der Waals surface area (Å²) in [5.74, 6) is 1.15. The number of anilines is 1. The summed E-state index contributed by atoms with van der Waals surface area (Å²) < 4.78 is 6.08. The number of halogens is 1. The molecule has 0 bridgehead atoms. The summed E-state index contributed by atoms with van der Waals surface area (Å²) in [6.07, 6.45) is 7.68. The molecule has 0 radical (unpaired) electrons. The van der Waals surface area contributed by atoms with Crippen molar-refractivity contribution in [1.29, 1.82) is 0 Å². The van der Waals surface area contributed by atoms with Crippen molar-refractivity contribution in [1.82, 2.24) is 0 Å². The minimum absolute atomic E-state index is 0.0430. The Balaban J connectivity index is 1.84. The first kappa shape index (κ1) is 14.9. The molecule has 2 atom stereocenters. The van der Waals surface area contributed by atoms with Crippen LogP contribution in [-0.4, -0.2) is 18.4 Å². The van der Waals surface area contributed by atoms with Crippen molar-refractivity contribution in [2.24, 2.45) is 0 Å². The van der Waals surface area contributed by atoms with Crippen LogP contribution in [0.2, 0.25) is 0 Å². The highest BCUT2D eigenvalue weighted by Crippen LogP contribution is 2.56. The van der Waals surface area contributed by atoms with Crippen molar-refractivity contribution < 1.29 is 9.53 Å². The quantitative estimate of drug-likeness (QED) is 0.733. The molecule has 0 amide bonds. The van der Waals surface area contributed by atoms with Crippen LogP contribution < -0.4 is 9.64 Å². The van der Waals surface area contributed by atoms with Gasteiger partial charge in [0.25, 0.3) is 0 Å². The van der Waals surface area contributed by atoms with Gasteiger partial charge in [-0.15, -0.1) is 0 Å². The number of nitrogens with zero attached hydrogens (tertiary/aromatic N) is 1. The number of ketones is 1. The highest BCUT2D eigenvalue weighted by Gasteiger charge is 2.40. The second-order valence-electron chi connectivity index (χ2n) is 5.78. The number of carbonyl (C=O) groups is 1. The Morgan fingerprint density at radius 3 is 3.04 bits per heavy atom. The van der Waals surface area contributed by atoms with Gasteiger partial charge in [0.1, 0.15) is 11.9 Å². The van der Waals surface area contributed by atoms with E-state index in [4.69, 9.17) is 16.3 Å². The molecule has 0 spiro atoms. The van der Waals surface area contributed by atoms with Crippen LogP contribution in [0, 0.1) is 0 Å². The van der Waals surface area contributed by atoms with Crippen molar-refractivity contribution in [3.05, 3.63) is 52.1 Å². The molecule has 2 unspecified atom stereocenters. The van der Waals surface area contributed by atoms with Crippen molar-refractivity contribution in [3.63, 3.8) is 0 Å². The van der Waals surface area contributed by atoms with Crippen molar-refractivity contribution in [2.45, 2.75) is 30.8 Å². The number of carbonyl (C=O) groups excluding carboxylic acids is 1. The monoisotopic (exact) mass is 345 g/mol. The van der Waals surface area contributed by atoms with Gasteiger partial charge in [0.2, 0.25) is 0 Å². The van der Waals surface area contributed by atoms with Crippen LogP contribution >= 0.6 is 23.4 Å². The number of benzene rings is 1. The lowest BCUT2D eigenvalue weighted by Crippen LogP contribution is -2.21. The Labute approximate surface area is 144 Å². The number of rotatable bonds is 2. The average Bonchev–Trinajstić information content (AvgIpc) is 3.02. The third-order valence-electron chi connectivity index (χ3n) is 4.27. The fourth-order valence-electron chi connectivity index (χ4n) is 3.36. The van der Waals surface area contributed by atoms with E-state index in [1.807, 2.05) is 18.2 Å². The lowest BCUT2D eigenvalue weighted by Gasteiger charge is -2.22. The fraction of sp³-hybridized carbons (Fsp3) is 0.278. The molecule has 0 saturated carbocycles. The van der Waals surface area contributed by atoms with Gasteiger partial charge in [0.15, 0.2) is 5.78 Å². The smallest absolute Gasteiger partial charge is 0.155 e. The second kappa shape index (κ2) is 5.46. The van der Waals surface area contributed by atoms with Crippen LogP contribution in [-0.2, 0) is 4.79 Å². The lowest BCUT2D eigenvalue weighted by molar-refractivity contribution is -0.112. The van der Waals surface area contributed by atoms with E-state index in [1.54, 1.807) is 24.8 Å². The summed E-state index contributed by atoms with van der Waals surface area (Å²) in [6, 6.07) is 4.11. The summed E-state index contributed by atoms with van der Waals surface area (Å²) in [5.41, 5.74) is 2.37. The zero-order valence-corrected chi connectivity index (χ0v) is 14.4. The molecule has 2 aliphatic heterocycles. The highest BCUT2D eigenvalue weighted by molar-refractivity contribution is 8.03. The van der Waals surface area contributed by atoms with Gasteiger partial charge in [-0.05, 0) is 38.1 Å². The van der Waals surface area contributed by atoms with Crippen molar-refractivity contribution >= 4 is 34.8 Å². The third kappa shape index (κ3) is 2.32. The molecule has 5 heteroatoms. The van der Waals surface area contributed by atoms with Crippen LogP contribution in [0.15, 0.2) is 51.4 Å². The van der Waals surface area contributed by atoms with Gasteiger partial charge in [0.05, 0.1) is 10.7 Å². The molecule has 0 fully saturated rings. The Kier molecular flexibility index (Phi) is 3.54. The molecule has 1 aromatic carbocycles. The SMILES string of the molecule is CCN1/C(=C/C(C)=O)Sc2ccc3c(c21)C1C=CC(Cl)=CC1O3. The van der Waals surface area contributed by atoms with E-state index in [2.05, 4.69) is 24.0 Å². The Morgan fingerprint density at radius 2 is 2.30 bits per heavy atom. The number of ether oxygens (including phenoxy) is 1. The molecule has 0 aromatic heterocycles. The van der Waals surface area contributed by atoms with E-state index >= 15 is 0 Å². The first-order chi connectivity index (χ1) is 11.1. The molecule has 23 heavy (non-hydrogen) atoms. The summed E-state index contributed by atoms with van der Waals surface area (Å²) in [4.78, 5) is 14.9. The average molecular weight is 346 g/mol. The van der Waals surface area contributed by atoms with Crippen LogP contribution in [0.4, 0.5) is 5.69 Å². The van der Waals surface area contributed by atoms with Gasteiger partial charge >= 0.3 is 0 Å². The Bertz CT molecular complexity index is 796. The standard InChI is InChI=1S/C18H16ClNO2S/c1-3-20-16(8-10(2)21)23-15-7-6-13-17(18(15)20)12-5-4-11(19)9-14(12)22-13/h4-9,12,14H,3H2,1-2H3/b16-8-. The maximum atomic E-state index is 11.5. The summed E-state index contributed by atoms with van der Waals surface area (Å²) in [6.45, 7) is 4.50. The van der Waals surface area contributed by atoms with Crippen molar-refractivity contribution in [3.8, 4) is 5.75 Å². The molecule has 4 rings (SSSR count). The van der Waals surface area contributed by atoms with E-state index in [-0.39, 0.29) is 17.8 Å². The van der Waals surface area contributed by atoms with Gasteiger partial charge in [0, 0.05) is 34.0 Å². The molecule has 0 N–H and O–H groups in total. The summed E-state index contributed by atoms with van der Waals surface area (Å²) >= 11 is 7.76. The number of hydrogen-bond acceptors (Lipinski definition) is 4. The van der Waals surface area contributed by atoms with Crippen LogP contribution in [0.25, 0.3) is 0 Å². The second-order valence-corrected chi connectivity index (χ2v) is 7.28. The van der Waals surface area contributed by atoms with E-state index in [0.29, 0.717) is 0 Å². The van der Waals surface area contributed by atoms with Crippen LogP contribution in [0.5, 0.6) is 5.75 Å². The minimum atomic E-state index is -0.0430. The summed E-state index contributed by atoms with van der Waals surface area (Å²) in [7, 11) is 0. The molecule has 3 aliphatic rings. The maximum absolute atomic E-state index is 11.5. The highest BCUT2D eigenvalue weighted by atomic mass is 35.5. The normalized spacial score (nSPS) is 25.8. The van der Waals surface area contributed by atoms with E-state index in [9.17, 15) is 4.79 Å². The number of fused-ring (bicyclic) bond motifs is 5. The van der Waals surface area contributed by atoms with Crippen LogP contribution in [0.1, 0.15) is 25.3 Å². The van der Waals surface area contributed by atoms with Gasteiger partial charge in [-0.2, -0.15) is 0 Å². The molecular formula is C18H16ClNO2S. The fourth-order valence-corrected chi connectivity index (χ4v) is 4.79. The molecule has 2 heterocycles. The number of thioether (sulfide) groups is 1. The lowest BCUT2D eigenvalue weighted by atomic mass is 9.90. The molecule has 3 nitrogen and oxygen atoms in total. The zero-order chi connectivity index (χ0) is 16.1.